The van der Waals surface area contributed by atoms with E-state index in [4.69, 9.17) is 14.6 Å². The van der Waals surface area contributed by atoms with Gasteiger partial charge in [-0.3, -0.25) is 4.90 Å². The Bertz CT molecular complexity index is 891. The van der Waals surface area contributed by atoms with Crippen molar-refractivity contribution < 1.29 is 32.5 Å². The van der Waals surface area contributed by atoms with Crippen molar-refractivity contribution in [1.29, 1.82) is 0 Å². The van der Waals surface area contributed by atoms with Gasteiger partial charge in [-0.1, -0.05) is 6.08 Å². The van der Waals surface area contributed by atoms with Crippen molar-refractivity contribution in [3.63, 3.8) is 0 Å². The maximum Gasteiger partial charge on any atom is 0.419 e. The van der Waals surface area contributed by atoms with Crippen molar-refractivity contribution in [2.75, 3.05) is 13.2 Å². The van der Waals surface area contributed by atoms with Crippen molar-refractivity contribution in [2.24, 2.45) is 0 Å². The molecule has 3 rings (SSSR count). The first-order valence-corrected chi connectivity index (χ1v) is 8.12. The van der Waals surface area contributed by atoms with Gasteiger partial charge in [0.2, 0.25) is 5.88 Å². The van der Waals surface area contributed by atoms with Crippen LogP contribution in [0.1, 0.15) is 5.56 Å². The molecule has 0 unspecified atom stereocenters. The fourth-order valence-electron chi connectivity index (χ4n) is 2.30. The van der Waals surface area contributed by atoms with Crippen LogP contribution in [0.5, 0.6) is 17.4 Å². The van der Waals surface area contributed by atoms with Gasteiger partial charge < -0.3 is 14.6 Å². The summed E-state index contributed by atoms with van der Waals surface area (Å²) in [7, 11) is 0. The van der Waals surface area contributed by atoms with E-state index in [0.29, 0.717) is 17.5 Å². The minimum absolute atomic E-state index is 0.000446. The quantitative estimate of drug-likeness (QED) is 0.847. The molecule has 0 saturated carbocycles. The summed E-state index contributed by atoms with van der Waals surface area (Å²) in [6, 6.07) is 7.94. The Morgan fingerprint density at radius 2 is 1.86 bits per heavy atom. The van der Waals surface area contributed by atoms with E-state index in [1.807, 2.05) is 0 Å². The molecule has 1 aliphatic heterocycles. The zero-order valence-electron chi connectivity index (χ0n) is 14.4. The third-order valence-corrected chi connectivity index (χ3v) is 3.72. The topological polar surface area (TPSA) is 71.9 Å². The maximum absolute atomic E-state index is 12.5. The van der Waals surface area contributed by atoms with Crippen LogP contribution in [0.15, 0.2) is 66.5 Å². The average Bonchev–Trinajstić information content (AvgIpc) is 2.69. The Labute approximate surface area is 158 Å². The lowest BCUT2D eigenvalue weighted by Crippen LogP contribution is -2.32. The van der Waals surface area contributed by atoms with Gasteiger partial charge in [0.15, 0.2) is 0 Å². The highest BCUT2D eigenvalue weighted by atomic mass is 19.4. The van der Waals surface area contributed by atoms with E-state index < -0.39 is 17.8 Å². The normalized spacial score (nSPS) is 13.9. The number of nitrogens with zero attached hydrogens (tertiary/aromatic N) is 2. The highest BCUT2D eigenvalue weighted by Crippen LogP contribution is 2.30. The van der Waals surface area contributed by atoms with Gasteiger partial charge >= 0.3 is 12.3 Å². The molecule has 1 aromatic carbocycles. The molecule has 0 saturated heterocycles. The van der Waals surface area contributed by atoms with Crippen LogP contribution in [0, 0.1) is 0 Å². The van der Waals surface area contributed by atoms with Gasteiger partial charge in [-0.25, -0.2) is 9.78 Å². The van der Waals surface area contributed by atoms with Gasteiger partial charge in [-0.05, 0) is 42.0 Å². The van der Waals surface area contributed by atoms with Crippen molar-refractivity contribution in [1.82, 2.24) is 9.88 Å². The van der Waals surface area contributed by atoms with Crippen molar-refractivity contribution in [2.45, 2.75) is 6.18 Å². The molecule has 0 atom stereocenters. The molecule has 0 bridgehead atoms. The second-order valence-corrected chi connectivity index (χ2v) is 5.78. The van der Waals surface area contributed by atoms with Gasteiger partial charge in [0, 0.05) is 18.5 Å². The van der Waals surface area contributed by atoms with E-state index in [9.17, 15) is 18.0 Å². The van der Waals surface area contributed by atoms with E-state index >= 15 is 0 Å². The summed E-state index contributed by atoms with van der Waals surface area (Å²) in [6.07, 6.45) is 0.486. The molecule has 1 aromatic heterocycles. The minimum Gasteiger partial charge on any atom is -0.439 e. The van der Waals surface area contributed by atoms with Gasteiger partial charge in [0.25, 0.3) is 0 Å². The number of halogens is 3. The van der Waals surface area contributed by atoms with E-state index in [1.165, 1.54) is 35.4 Å². The fourth-order valence-corrected chi connectivity index (χ4v) is 2.30. The van der Waals surface area contributed by atoms with Gasteiger partial charge in [0.05, 0.1) is 18.7 Å². The number of alkyl halides is 3. The zero-order chi connectivity index (χ0) is 20.1. The number of rotatable bonds is 4. The molecule has 146 valence electrons. The number of amides is 1. The van der Waals surface area contributed by atoms with Crippen LogP contribution in [0.3, 0.4) is 0 Å². The molecule has 2 heterocycles. The Balaban J connectivity index is 1.58. The van der Waals surface area contributed by atoms with Crippen LogP contribution in [0.4, 0.5) is 18.0 Å². The fraction of sp³-hybridized carbons (Fsp3) is 0.158. The highest BCUT2D eigenvalue weighted by Gasteiger charge is 2.30. The first kappa shape index (κ1) is 19.4. The molecule has 1 amide bonds. The number of carbonyl (C=O) groups excluding carboxylic acids is 1. The Morgan fingerprint density at radius 3 is 2.46 bits per heavy atom. The molecule has 0 radical (unpaired) electrons. The number of carbonyl (C=O) groups is 1. The molecule has 1 aliphatic rings. The summed E-state index contributed by atoms with van der Waals surface area (Å²) in [6.45, 7) is 0.0742. The number of pyridine rings is 1. The molecule has 0 aliphatic carbocycles. The molecule has 0 fully saturated rings. The maximum atomic E-state index is 12.5. The summed E-state index contributed by atoms with van der Waals surface area (Å²) in [5, 5.41) is 9.13. The molecule has 6 nitrogen and oxygen atoms in total. The van der Waals surface area contributed by atoms with Gasteiger partial charge in [-0.2, -0.15) is 13.2 Å². The number of allylic oxidation sites excluding steroid dienone is 2. The van der Waals surface area contributed by atoms with Crippen LogP contribution in [0.2, 0.25) is 0 Å². The van der Waals surface area contributed by atoms with Crippen LogP contribution in [-0.4, -0.2) is 34.2 Å². The van der Waals surface area contributed by atoms with E-state index in [2.05, 4.69) is 4.98 Å². The first-order chi connectivity index (χ1) is 13.3. The molecule has 28 heavy (non-hydrogen) atoms. The highest BCUT2D eigenvalue weighted by molar-refractivity contribution is 5.72. The minimum atomic E-state index is -4.46. The molecule has 1 N–H and O–H groups in total. The van der Waals surface area contributed by atoms with E-state index in [0.717, 1.165) is 12.1 Å². The Hall–Kier alpha value is -3.33. The lowest BCUT2D eigenvalue weighted by atomic mass is 10.2. The van der Waals surface area contributed by atoms with E-state index in [-0.39, 0.29) is 24.8 Å². The lowest BCUT2D eigenvalue weighted by Gasteiger charge is -2.21. The lowest BCUT2D eigenvalue weighted by molar-refractivity contribution is -0.137. The van der Waals surface area contributed by atoms with Gasteiger partial charge in [-0.15, -0.1) is 0 Å². The van der Waals surface area contributed by atoms with E-state index in [1.54, 1.807) is 12.2 Å². The van der Waals surface area contributed by atoms with Crippen LogP contribution < -0.4 is 9.47 Å². The largest absolute Gasteiger partial charge is 0.439 e. The van der Waals surface area contributed by atoms with Gasteiger partial charge in [0.1, 0.15) is 11.5 Å². The third kappa shape index (κ3) is 4.89. The smallest absolute Gasteiger partial charge is 0.419 e. The molecular weight excluding hydrogens is 377 g/mol. The second-order valence-electron chi connectivity index (χ2n) is 5.78. The number of hydrogen-bond acceptors (Lipinski definition) is 5. The summed E-state index contributed by atoms with van der Waals surface area (Å²) in [4.78, 5) is 17.1. The first-order valence-electron chi connectivity index (χ1n) is 8.12. The zero-order valence-corrected chi connectivity index (χ0v) is 14.4. The molecule has 2 aromatic rings. The van der Waals surface area contributed by atoms with Crippen molar-refractivity contribution in [3.8, 4) is 17.4 Å². The monoisotopic (exact) mass is 392 g/mol. The third-order valence-electron chi connectivity index (χ3n) is 3.72. The van der Waals surface area contributed by atoms with Crippen LogP contribution in [-0.2, 0) is 6.18 Å². The SMILES string of the molecule is O=C(Oc1ccc(Oc2ccc(C(F)(F)F)cn2)cc1)N1C=CC=C(CO)C1. The van der Waals surface area contributed by atoms with Crippen LogP contribution in [0.25, 0.3) is 0 Å². The predicted octanol–water partition coefficient (Wildman–Crippen LogP) is 4.14. The number of aromatic nitrogens is 1. The molecule has 0 spiro atoms. The number of aliphatic hydroxyl groups excluding tert-OH is 1. The van der Waals surface area contributed by atoms with Crippen molar-refractivity contribution in [3.05, 3.63) is 72.1 Å². The number of benzene rings is 1. The predicted molar refractivity (Wildman–Crippen MR) is 92.8 cm³/mol. The average molecular weight is 392 g/mol. The number of aliphatic hydroxyl groups is 1. The summed E-state index contributed by atoms with van der Waals surface area (Å²) in [5.41, 5.74) is -0.194. The van der Waals surface area contributed by atoms with Crippen molar-refractivity contribution >= 4 is 6.09 Å². The Kier molecular flexibility index (Phi) is 5.65. The molecular formula is C19H15F3N2O4. The second kappa shape index (κ2) is 8.13. The summed E-state index contributed by atoms with van der Waals surface area (Å²) in [5.74, 6) is 0.571. The molecule has 9 heteroatoms. The van der Waals surface area contributed by atoms with Crippen LogP contribution >= 0.6 is 0 Å². The summed E-state index contributed by atoms with van der Waals surface area (Å²) >= 11 is 0. The number of hydrogen-bond donors (Lipinski definition) is 1. The standard InChI is InChI=1S/C19H15F3N2O4/c20-19(21,22)14-3-8-17(23-10-14)27-15-4-6-16(7-5-15)28-18(26)24-9-1-2-13(11-24)12-25/h1-10,25H,11-12H2. The summed E-state index contributed by atoms with van der Waals surface area (Å²) < 4.78 is 48.2. The Morgan fingerprint density at radius 1 is 1.14 bits per heavy atom. The number of ether oxygens (including phenoxy) is 2.